The van der Waals surface area contributed by atoms with Crippen LogP contribution in [0.4, 0.5) is 0 Å². The van der Waals surface area contributed by atoms with Crippen LogP contribution in [-0.2, 0) is 6.54 Å². The van der Waals surface area contributed by atoms with Crippen LogP contribution >= 0.6 is 11.6 Å². The fraction of sp³-hybridized carbons (Fsp3) is 0.0909. The zero-order valence-corrected chi connectivity index (χ0v) is 15.1. The molecule has 0 N–H and O–H groups in total. The van der Waals surface area contributed by atoms with E-state index >= 15 is 0 Å². The van der Waals surface area contributed by atoms with Crippen molar-refractivity contribution in [3.05, 3.63) is 88.9 Å². The molecule has 128 valence electrons. The Morgan fingerprint density at radius 3 is 2.42 bits per heavy atom. The highest BCUT2D eigenvalue weighted by Crippen LogP contribution is 2.27. The smallest absolute Gasteiger partial charge is 0.182 e. The van der Waals surface area contributed by atoms with E-state index < -0.39 is 0 Å². The van der Waals surface area contributed by atoms with E-state index in [0.717, 1.165) is 28.0 Å². The van der Waals surface area contributed by atoms with Gasteiger partial charge >= 0.3 is 0 Å². The molecular formula is C22H17ClN2O. The maximum absolute atomic E-state index is 12.8. The molecule has 0 radical (unpaired) electrons. The molecule has 0 saturated carbocycles. The Hall–Kier alpha value is -2.91. The van der Waals surface area contributed by atoms with Crippen LogP contribution in [0.3, 0.4) is 0 Å². The molecule has 4 rings (SSSR count). The molecule has 0 spiro atoms. The predicted octanol–water partition coefficient (Wildman–Crippen LogP) is 5.55. The number of rotatable bonds is 4. The molecule has 0 fully saturated rings. The molecule has 4 aromatic rings. The maximum atomic E-state index is 12.8. The average Bonchev–Trinajstić information content (AvgIpc) is 3.01. The summed E-state index contributed by atoms with van der Waals surface area (Å²) in [6, 6.07) is 23.0. The van der Waals surface area contributed by atoms with Crippen LogP contribution in [0.25, 0.3) is 22.4 Å². The summed E-state index contributed by atoms with van der Waals surface area (Å²) in [5.41, 5.74) is 4.64. The molecule has 0 amide bonds. The quantitative estimate of drug-likeness (QED) is 0.447. The number of nitrogens with zero attached hydrogens (tertiary/aromatic N) is 2. The lowest BCUT2D eigenvalue weighted by molar-refractivity contribution is 0.0974. The zero-order chi connectivity index (χ0) is 18.1. The van der Waals surface area contributed by atoms with Gasteiger partial charge in [-0.3, -0.25) is 4.79 Å². The maximum Gasteiger partial charge on any atom is 0.182 e. The van der Waals surface area contributed by atoms with Crippen molar-refractivity contribution in [1.29, 1.82) is 0 Å². The first kappa shape index (κ1) is 16.6. The van der Waals surface area contributed by atoms with Gasteiger partial charge in [0.25, 0.3) is 0 Å². The predicted molar refractivity (Wildman–Crippen MR) is 106 cm³/mol. The van der Waals surface area contributed by atoms with Gasteiger partial charge in [-0.25, -0.2) is 4.98 Å². The van der Waals surface area contributed by atoms with Gasteiger partial charge < -0.3 is 4.57 Å². The van der Waals surface area contributed by atoms with Crippen LogP contribution in [0.15, 0.2) is 72.8 Å². The number of aromatic nitrogens is 2. The lowest BCUT2D eigenvalue weighted by Gasteiger charge is -2.11. The second-order valence-electron chi connectivity index (χ2n) is 6.26. The van der Waals surface area contributed by atoms with Crippen LogP contribution in [0.1, 0.15) is 15.9 Å². The SMILES string of the molecule is Cc1ccccc1-c1nc2ccccc2n1CC(=O)c1ccc(Cl)cc1. The van der Waals surface area contributed by atoms with E-state index in [-0.39, 0.29) is 12.3 Å². The summed E-state index contributed by atoms with van der Waals surface area (Å²) in [6.07, 6.45) is 0. The monoisotopic (exact) mass is 360 g/mol. The van der Waals surface area contributed by atoms with Crippen molar-refractivity contribution in [2.45, 2.75) is 13.5 Å². The first-order valence-corrected chi connectivity index (χ1v) is 8.81. The number of Topliss-reactive ketones (excluding diaryl/α,β-unsaturated/α-hetero) is 1. The van der Waals surface area contributed by atoms with E-state index in [1.165, 1.54) is 0 Å². The van der Waals surface area contributed by atoms with Crippen molar-refractivity contribution in [2.24, 2.45) is 0 Å². The number of para-hydroxylation sites is 2. The van der Waals surface area contributed by atoms with Crippen molar-refractivity contribution >= 4 is 28.4 Å². The molecule has 26 heavy (non-hydrogen) atoms. The Bertz CT molecular complexity index is 1100. The number of aryl methyl sites for hydroxylation is 1. The Morgan fingerprint density at radius 2 is 1.65 bits per heavy atom. The van der Waals surface area contributed by atoms with Crippen molar-refractivity contribution in [3.8, 4) is 11.4 Å². The van der Waals surface area contributed by atoms with Crippen molar-refractivity contribution in [1.82, 2.24) is 9.55 Å². The van der Waals surface area contributed by atoms with E-state index in [1.54, 1.807) is 24.3 Å². The van der Waals surface area contributed by atoms with E-state index in [9.17, 15) is 4.79 Å². The number of carbonyl (C=O) groups excluding carboxylic acids is 1. The van der Waals surface area contributed by atoms with Gasteiger partial charge in [0, 0.05) is 16.1 Å². The molecule has 0 saturated heterocycles. The molecule has 0 aliphatic heterocycles. The third kappa shape index (κ3) is 3.02. The highest BCUT2D eigenvalue weighted by atomic mass is 35.5. The Morgan fingerprint density at radius 1 is 0.962 bits per heavy atom. The third-order valence-electron chi connectivity index (χ3n) is 4.51. The minimum atomic E-state index is 0.0275. The fourth-order valence-corrected chi connectivity index (χ4v) is 3.26. The minimum Gasteiger partial charge on any atom is -0.316 e. The van der Waals surface area contributed by atoms with Crippen LogP contribution in [0, 0.1) is 6.92 Å². The number of benzene rings is 3. The Balaban J connectivity index is 1.83. The Labute approximate surface area is 156 Å². The second kappa shape index (κ2) is 6.77. The average molecular weight is 361 g/mol. The van der Waals surface area contributed by atoms with Crippen LogP contribution in [0.5, 0.6) is 0 Å². The van der Waals surface area contributed by atoms with Crippen molar-refractivity contribution < 1.29 is 4.79 Å². The van der Waals surface area contributed by atoms with Gasteiger partial charge in [0.05, 0.1) is 17.6 Å². The lowest BCUT2D eigenvalue weighted by Crippen LogP contribution is -2.12. The normalized spacial score (nSPS) is 11.0. The number of fused-ring (bicyclic) bond motifs is 1. The van der Waals surface area contributed by atoms with Crippen molar-refractivity contribution in [3.63, 3.8) is 0 Å². The summed E-state index contributed by atoms with van der Waals surface area (Å²) in [5, 5.41) is 0.621. The van der Waals surface area contributed by atoms with Crippen LogP contribution in [0.2, 0.25) is 5.02 Å². The summed E-state index contributed by atoms with van der Waals surface area (Å²) < 4.78 is 1.99. The van der Waals surface area contributed by atoms with E-state index in [0.29, 0.717) is 10.6 Å². The number of carbonyl (C=O) groups is 1. The molecule has 3 nitrogen and oxygen atoms in total. The Kier molecular flexibility index (Phi) is 4.31. The largest absolute Gasteiger partial charge is 0.316 e. The van der Waals surface area contributed by atoms with Gasteiger partial charge in [-0.05, 0) is 48.9 Å². The van der Waals surface area contributed by atoms with Gasteiger partial charge in [-0.15, -0.1) is 0 Å². The highest BCUT2D eigenvalue weighted by molar-refractivity contribution is 6.30. The third-order valence-corrected chi connectivity index (χ3v) is 4.76. The van der Waals surface area contributed by atoms with Crippen LogP contribution < -0.4 is 0 Å². The standard InChI is InChI=1S/C22H17ClN2O/c1-15-6-2-3-7-18(15)22-24-19-8-4-5-9-20(19)25(22)14-21(26)16-10-12-17(23)13-11-16/h2-13H,14H2,1H3. The molecule has 0 aliphatic carbocycles. The van der Waals surface area contributed by atoms with Gasteiger partial charge in [0.2, 0.25) is 0 Å². The molecule has 0 aliphatic rings. The number of hydrogen-bond acceptors (Lipinski definition) is 2. The summed E-state index contributed by atoms with van der Waals surface area (Å²) in [6.45, 7) is 2.28. The lowest BCUT2D eigenvalue weighted by atomic mass is 10.1. The zero-order valence-electron chi connectivity index (χ0n) is 14.3. The topological polar surface area (TPSA) is 34.9 Å². The molecular weight excluding hydrogens is 344 g/mol. The number of imidazole rings is 1. The molecule has 0 atom stereocenters. The molecule has 0 unspecified atom stereocenters. The summed E-state index contributed by atoms with van der Waals surface area (Å²) in [5.74, 6) is 0.839. The summed E-state index contributed by atoms with van der Waals surface area (Å²) >= 11 is 5.93. The minimum absolute atomic E-state index is 0.0275. The molecule has 0 bridgehead atoms. The van der Waals surface area contributed by atoms with Crippen molar-refractivity contribution in [2.75, 3.05) is 0 Å². The highest BCUT2D eigenvalue weighted by Gasteiger charge is 2.17. The molecule has 1 aromatic heterocycles. The van der Waals surface area contributed by atoms with Gasteiger partial charge in [-0.1, -0.05) is 48.0 Å². The first-order valence-electron chi connectivity index (χ1n) is 8.43. The number of hydrogen-bond donors (Lipinski definition) is 0. The number of ketones is 1. The molecule has 4 heteroatoms. The summed E-state index contributed by atoms with van der Waals surface area (Å²) in [4.78, 5) is 17.6. The van der Waals surface area contributed by atoms with E-state index in [4.69, 9.17) is 16.6 Å². The van der Waals surface area contributed by atoms with Gasteiger partial charge in [0.1, 0.15) is 5.82 Å². The van der Waals surface area contributed by atoms with E-state index in [1.807, 2.05) is 47.0 Å². The van der Waals surface area contributed by atoms with Gasteiger partial charge in [0.15, 0.2) is 5.78 Å². The van der Waals surface area contributed by atoms with E-state index in [2.05, 4.69) is 13.0 Å². The number of halogens is 1. The second-order valence-corrected chi connectivity index (χ2v) is 6.69. The van der Waals surface area contributed by atoms with Crippen LogP contribution in [-0.4, -0.2) is 15.3 Å². The summed E-state index contributed by atoms with van der Waals surface area (Å²) in [7, 11) is 0. The molecule has 1 heterocycles. The molecule has 3 aromatic carbocycles. The first-order chi connectivity index (χ1) is 12.6. The van der Waals surface area contributed by atoms with Gasteiger partial charge in [-0.2, -0.15) is 0 Å². The fourth-order valence-electron chi connectivity index (χ4n) is 3.14.